The predicted molar refractivity (Wildman–Crippen MR) is 59.3 cm³/mol. The molecule has 0 saturated heterocycles. The molecule has 0 fully saturated rings. The highest BCUT2D eigenvalue weighted by Crippen LogP contribution is 2.20. The third-order valence-electron chi connectivity index (χ3n) is 2.51. The Hall–Kier alpha value is -2.31. The first-order valence-electron chi connectivity index (χ1n) is 5.27. The first-order valence-corrected chi connectivity index (χ1v) is 5.27. The van der Waals surface area contributed by atoms with Crippen LogP contribution in [0.15, 0.2) is 24.3 Å². The highest BCUT2D eigenvalue weighted by molar-refractivity contribution is 5.76. The fraction of sp³-hybridized carbons (Fsp3) is 0.273. The molecule has 0 radical (unpaired) electrons. The molecule has 0 spiro atoms. The molecular formula is C11H11FN4O2. The fourth-order valence-electron chi connectivity index (χ4n) is 1.63. The molecule has 1 unspecified atom stereocenters. The van der Waals surface area contributed by atoms with Crippen molar-refractivity contribution in [2.45, 2.75) is 12.3 Å². The van der Waals surface area contributed by atoms with Crippen LogP contribution in [0.5, 0.6) is 0 Å². The van der Waals surface area contributed by atoms with Crippen molar-refractivity contribution in [2.24, 2.45) is 7.05 Å². The van der Waals surface area contributed by atoms with Crippen molar-refractivity contribution in [3.63, 3.8) is 0 Å². The molecule has 1 aromatic heterocycles. The summed E-state index contributed by atoms with van der Waals surface area (Å²) < 4.78 is 12.8. The number of halogens is 1. The maximum Gasteiger partial charge on any atom is 0.311 e. The van der Waals surface area contributed by atoms with Crippen molar-refractivity contribution in [3.05, 3.63) is 41.5 Å². The molecular weight excluding hydrogens is 239 g/mol. The molecule has 2 aromatic rings. The van der Waals surface area contributed by atoms with Gasteiger partial charge in [0.2, 0.25) is 0 Å². The van der Waals surface area contributed by atoms with Crippen molar-refractivity contribution in [2.75, 3.05) is 0 Å². The van der Waals surface area contributed by atoms with Crippen LogP contribution >= 0.6 is 0 Å². The predicted octanol–water partition coefficient (Wildman–Crippen LogP) is 0.760. The molecule has 2 rings (SSSR count). The number of rotatable bonds is 4. The second kappa shape index (κ2) is 4.91. The number of tetrazole rings is 1. The average molecular weight is 250 g/mol. The monoisotopic (exact) mass is 250 g/mol. The summed E-state index contributed by atoms with van der Waals surface area (Å²) in [6.45, 7) is 0. The quantitative estimate of drug-likeness (QED) is 0.866. The molecule has 7 heteroatoms. The van der Waals surface area contributed by atoms with Crippen LogP contribution < -0.4 is 0 Å². The molecule has 1 N–H and O–H groups in total. The Kier molecular flexibility index (Phi) is 3.31. The number of aromatic nitrogens is 4. The van der Waals surface area contributed by atoms with Gasteiger partial charge in [0.1, 0.15) is 5.82 Å². The summed E-state index contributed by atoms with van der Waals surface area (Å²) in [6, 6.07) is 5.36. The molecule has 0 amide bonds. The summed E-state index contributed by atoms with van der Waals surface area (Å²) in [6.07, 6.45) is 0.120. The topological polar surface area (TPSA) is 80.9 Å². The summed E-state index contributed by atoms with van der Waals surface area (Å²) in [5, 5.41) is 20.5. The van der Waals surface area contributed by atoms with Crippen LogP contribution in [0.25, 0.3) is 0 Å². The van der Waals surface area contributed by atoms with Gasteiger partial charge in [-0.25, -0.2) is 4.39 Å². The lowest BCUT2D eigenvalue weighted by Gasteiger charge is -2.10. The Morgan fingerprint density at radius 2 is 2.11 bits per heavy atom. The Morgan fingerprint density at radius 3 is 2.61 bits per heavy atom. The number of carbonyl (C=O) groups is 1. The number of aliphatic carboxylic acids is 1. The van der Waals surface area contributed by atoms with Gasteiger partial charge in [-0.15, -0.1) is 10.2 Å². The Bertz CT molecular complexity index is 552. The minimum atomic E-state index is -1.01. The van der Waals surface area contributed by atoms with Crippen molar-refractivity contribution in [3.8, 4) is 0 Å². The van der Waals surface area contributed by atoms with E-state index in [1.807, 2.05) is 0 Å². The molecule has 0 aliphatic rings. The molecule has 1 heterocycles. The molecule has 18 heavy (non-hydrogen) atoms. The van der Waals surface area contributed by atoms with Crippen molar-refractivity contribution in [1.29, 1.82) is 0 Å². The number of hydrogen-bond acceptors (Lipinski definition) is 4. The van der Waals surface area contributed by atoms with E-state index in [4.69, 9.17) is 0 Å². The smallest absolute Gasteiger partial charge is 0.311 e. The minimum absolute atomic E-state index is 0.120. The largest absolute Gasteiger partial charge is 0.481 e. The van der Waals surface area contributed by atoms with E-state index in [0.717, 1.165) is 0 Å². The summed E-state index contributed by atoms with van der Waals surface area (Å²) >= 11 is 0. The zero-order valence-electron chi connectivity index (χ0n) is 9.62. The van der Waals surface area contributed by atoms with E-state index in [-0.39, 0.29) is 6.42 Å². The molecule has 94 valence electrons. The number of benzene rings is 1. The minimum Gasteiger partial charge on any atom is -0.481 e. The van der Waals surface area contributed by atoms with Gasteiger partial charge < -0.3 is 5.11 Å². The second-order valence-corrected chi connectivity index (χ2v) is 3.84. The molecule has 1 atom stereocenters. The van der Waals surface area contributed by atoms with Gasteiger partial charge in [-0.05, 0) is 22.9 Å². The molecule has 0 bridgehead atoms. The van der Waals surface area contributed by atoms with E-state index >= 15 is 0 Å². The van der Waals surface area contributed by atoms with E-state index in [2.05, 4.69) is 15.4 Å². The van der Waals surface area contributed by atoms with Crippen LogP contribution in [0, 0.1) is 5.82 Å². The van der Waals surface area contributed by atoms with E-state index in [9.17, 15) is 14.3 Å². The lowest BCUT2D eigenvalue weighted by Crippen LogP contribution is -2.15. The van der Waals surface area contributed by atoms with Gasteiger partial charge >= 0.3 is 5.97 Å². The van der Waals surface area contributed by atoms with Gasteiger partial charge in [-0.2, -0.15) is 4.80 Å². The van der Waals surface area contributed by atoms with E-state index in [0.29, 0.717) is 11.4 Å². The summed E-state index contributed by atoms with van der Waals surface area (Å²) in [5.74, 6) is -1.88. The normalized spacial score (nSPS) is 12.3. The highest BCUT2D eigenvalue weighted by Gasteiger charge is 2.22. The van der Waals surface area contributed by atoms with Gasteiger partial charge in [0.15, 0.2) is 5.82 Å². The van der Waals surface area contributed by atoms with Gasteiger partial charge in [0.25, 0.3) is 0 Å². The van der Waals surface area contributed by atoms with E-state index < -0.39 is 17.7 Å². The highest BCUT2D eigenvalue weighted by atomic mass is 19.1. The maximum atomic E-state index is 12.8. The van der Waals surface area contributed by atoms with E-state index in [1.165, 1.54) is 29.1 Å². The van der Waals surface area contributed by atoms with Crippen molar-refractivity contribution >= 4 is 5.97 Å². The van der Waals surface area contributed by atoms with Crippen molar-refractivity contribution < 1.29 is 14.3 Å². The maximum absolute atomic E-state index is 12.8. The lowest BCUT2D eigenvalue weighted by molar-refractivity contribution is -0.138. The second-order valence-electron chi connectivity index (χ2n) is 3.84. The first-order chi connectivity index (χ1) is 8.56. The molecule has 6 nitrogen and oxygen atoms in total. The third-order valence-corrected chi connectivity index (χ3v) is 2.51. The number of carboxylic acids is 1. The van der Waals surface area contributed by atoms with Gasteiger partial charge in [0, 0.05) is 6.42 Å². The Balaban J connectivity index is 2.23. The molecule has 0 saturated carbocycles. The molecule has 1 aromatic carbocycles. The van der Waals surface area contributed by atoms with Crippen molar-refractivity contribution in [1.82, 2.24) is 20.2 Å². The number of hydrogen-bond donors (Lipinski definition) is 1. The van der Waals surface area contributed by atoms with Crippen LogP contribution in [0.1, 0.15) is 17.3 Å². The zero-order valence-corrected chi connectivity index (χ0v) is 9.62. The number of nitrogens with zero attached hydrogens (tertiary/aromatic N) is 4. The fourth-order valence-corrected chi connectivity index (χ4v) is 1.63. The molecule has 0 aliphatic heterocycles. The summed E-state index contributed by atoms with van der Waals surface area (Å²) in [5.41, 5.74) is 0.511. The van der Waals surface area contributed by atoms with Crippen LogP contribution in [0.4, 0.5) is 4.39 Å². The van der Waals surface area contributed by atoms with E-state index in [1.54, 1.807) is 7.05 Å². The number of aryl methyl sites for hydroxylation is 1. The third kappa shape index (κ3) is 2.68. The Morgan fingerprint density at radius 1 is 1.44 bits per heavy atom. The first kappa shape index (κ1) is 12.2. The zero-order chi connectivity index (χ0) is 13.1. The van der Waals surface area contributed by atoms with Crippen LogP contribution in [-0.4, -0.2) is 31.3 Å². The Labute approximate surface area is 102 Å². The SMILES string of the molecule is Cn1nnc(CC(C(=O)O)c2ccc(F)cc2)n1. The van der Waals surface area contributed by atoms with Crippen LogP contribution in [0.2, 0.25) is 0 Å². The standard InChI is InChI=1S/C11H11FN4O2/c1-16-14-10(13-15-16)6-9(11(17)18)7-2-4-8(12)5-3-7/h2-5,9H,6H2,1H3,(H,17,18). The summed E-state index contributed by atoms with van der Waals surface area (Å²) in [4.78, 5) is 12.5. The number of carboxylic acid groups (broad SMARTS) is 1. The van der Waals surface area contributed by atoms with Gasteiger partial charge in [-0.3, -0.25) is 4.79 Å². The molecule has 0 aliphatic carbocycles. The lowest BCUT2D eigenvalue weighted by atomic mass is 9.95. The summed E-state index contributed by atoms with van der Waals surface area (Å²) in [7, 11) is 1.60. The van der Waals surface area contributed by atoms with Crippen LogP contribution in [-0.2, 0) is 18.3 Å². The van der Waals surface area contributed by atoms with Gasteiger partial charge in [0.05, 0.1) is 13.0 Å². The average Bonchev–Trinajstić information content (AvgIpc) is 2.73. The van der Waals surface area contributed by atoms with Gasteiger partial charge in [-0.1, -0.05) is 12.1 Å². The van der Waals surface area contributed by atoms with Crippen LogP contribution in [0.3, 0.4) is 0 Å².